The van der Waals surface area contributed by atoms with Crippen molar-refractivity contribution in [2.75, 3.05) is 0 Å². The highest BCUT2D eigenvalue weighted by atomic mass is 16.3. The largest absolute Gasteiger partial charge is 0.852 e. The summed E-state index contributed by atoms with van der Waals surface area (Å²) in [4.78, 5) is 13.0. The fourth-order valence-electron chi connectivity index (χ4n) is 6.51. The minimum absolute atomic E-state index is 0.219. The Morgan fingerprint density at radius 1 is 0.778 bits per heavy atom. The molecule has 2 aliphatic rings. The lowest BCUT2D eigenvalue weighted by atomic mass is 9.65. The molecule has 0 amide bonds. The Kier molecular flexibility index (Phi) is 13.1. The lowest BCUT2D eigenvalue weighted by Gasteiger charge is -2.45. The minimum Gasteiger partial charge on any atom is -0.852 e. The molecule has 0 spiro atoms. The first-order chi connectivity index (χ1) is 20.7. The topological polar surface area (TPSA) is 101 Å². The van der Waals surface area contributed by atoms with E-state index < -0.39 is 23.2 Å². The van der Waals surface area contributed by atoms with Crippen LogP contribution in [0.1, 0.15) is 94.9 Å². The van der Waals surface area contributed by atoms with Crippen molar-refractivity contribution in [1.82, 2.24) is 0 Å². The molecule has 0 bridgehead atoms. The summed E-state index contributed by atoms with van der Waals surface area (Å²) in [7, 11) is 0. The van der Waals surface area contributed by atoms with Gasteiger partial charge in [-0.15, -0.1) is 0 Å². The number of hydrogen-bond acceptors (Lipinski definition) is 5. The summed E-state index contributed by atoms with van der Waals surface area (Å²) in [5.74, 6) is -0.0416. The van der Waals surface area contributed by atoms with Crippen molar-refractivity contribution in [3.05, 3.63) is 113 Å². The molecule has 3 N–H and O–H groups in total. The Morgan fingerprint density at radius 2 is 1.29 bits per heavy atom. The van der Waals surface area contributed by atoms with Crippen molar-refractivity contribution in [3.8, 4) is 0 Å². The summed E-state index contributed by atoms with van der Waals surface area (Å²) in [6.07, 6.45) is 25.5. The third kappa shape index (κ3) is 10.7. The van der Waals surface area contributed by atoms with E-state index in [-0.39, 0.29) is 22.4 Å². The van der Waals surface area contributed by atoms with Crippen LogP contribution < -0.4 is 5.11 Å². The quantitative estimate of drug-likeness (QED) is 0.0966. The molecule has 45 heavy (non-hydrogen) atoms. The summed E-state index contributed by atoms with van der Waals surface area (Å²) in [5.41, 5.74) is 1.70. The first-order valence-corrected chi connectivity index (χ1v) is 16.0. The van der Waals surface area contributed by atoms with Gasteiger partial charge in [0.1, 0.15) is 0 Å². The van der Waals surface area contributed by atoms with E-state index in [1.54, 1.807) is 26.0 Å². The van der Waals surface area contributed by atoms with E-state index in [1.165, 1.54) is 6.08 Å². The summed E-state index contributed by atoms with van der Waals surface area (Å²) in [6, 6.07) is 0. The van der Waals surface area contributed by atoms with Crippen LogP contribution >= 0.6 is 0 Å². The van der Waals surface area contributed by atoms with Gasteiger partial charge in [0.2, 0.25) is 5.78 Å². The maximum Gasteiger partial charge on any atom is 0.214 e. The molecule has 0 radical (unpaired) electrons. The average molecular weight is 617 g/mol. The molecule has 2 rings (SSSR count). The van der Waals surface area contributed by atoms with Gasteiger partial charge in [-0.25, -0.2) is 0 Å². The van der Waals surface area contributed by atoms with Gasteiger partial charge in [-0.2, -0.15) is 0 Å². The third-order valence-corrected chi connectivity index (χ3v) is 9.53. The van der Waals surface area contributed by atoms with Gasteiger partial charge < -0.3 is 20.4 Å². The minimum atomic E-state index is -1.02. The Bertz CT molecular complexity index is 1320. The molecule has 4 unspecified atom stereocenters. The second-order valence-electron chi connectivity index (χ2n) is 14.8. The maximum absolute atomic E-state index is 13.0. The van der Waals surface area contributed by atoms with Crippen LogP contribution in [0.5, 0.6) is 0 Å². The van der Waals surface area contributed by atoms with Crippen molar-refractivity contribution in [2.24, 2.45) is 16.2 Å². The Balaban J connectivity index is 1.92. The van der Waals surface area contributed by atoms with Gasteiger partial charge >= 0.3 is 0 Å². The van der Waals surface area contributed by atoms with Gasteiger partial charge in [0.15, 0.2) is 0 Å². The second kappa shape index (κ2) is 15.4. The molecular formula is C40H56O5. The van der Waals surface area contributed by atoms with Crippen molar-refractivity contribution < 1.29 is 25.2 Å². The highest BCUT2D eigenvalue weighted by Crippen LogP contribution is 2.53. The number of carbonyl (C=O) groups is 1. The first kappa shape index (κ1) is 38.1. The van der Waals surface area contributed by atoms with Gasteiger partial charge in [-0.05, 0) is 75.0 Å². The number of aliphatic hydroxyl groups excluding tert-OH is 2. The van der Waals surface area contributed by atoms with E-state index in [2.05, 4.69) is 13.8 Å². The molecule has 2 aliphatic carbocycles. The molecule has 2 fully saturated rings. The molecule has 4 atom stereocenters. The van der Waals surface area contributed by atoms with Crippen LogP contribution in [0.4, 0.5) is 0 Å². The molecule has 5 nitrogen and oxygen atoms in total. The zero-order valence-corrected chi connectivity index (χ0v) is 29.1. The molecule has 0 aromatic carbocycles. The average Bonchev–Trinajstić information content (AvgIpc) is 3.11. The summed E-state index contributed by atoms with van der Waals surface area (Å²) < 4.78 is 0. The normalized spacial score (nSPS) is 30.9. The molecule has 0 aromatic rings. The molecule has 5 heteroatoms. The number of hydrogen-bond donors (Lipinski definition) is 3. The van der Waals surface area contributed by atoms with Crippen molar-refractivity contribution in [1.29, 1.82) is 0 Å². The van der Waals surface area contributed by atoms with Gasteiger partial charge in [-0.3, -0.25) is 4.79 Å². The molecule has 0 aliphatic heterocycles. The van der Waals surface area contributed by atoms with Crippen LogP contribution in [0, 0.1) is 22.2 Å². The van der Waals surface area contributed by atoms with Gasteiger partial charge in [0, 0.05) is 37.2 Å². The van der Waals surface area contributed by atoms with Crippen LogP contribution in [0.3, 0.4) is 0 Å². The molecule has 0 aromatic heterocycles. The number of rotatable bonds is 11. The lowest BCUT2D eigenvalue weighted by Crippen LogP contribution is -2.45. The number of allylic oxidation sites excluding steroid dienone is 16. The van der Waals surface area contributed by atoms with Crippen LogP contribution in [0.2, 0.25) is 0 Å². The highest BCUT2D eigenvalue weighted by Gasteiger charge is 2.54. The van der Waals surface area contributed by atoms with E-state index in [4.69, 9.17) is 0 Å². The number of carbonyl (C=O) groups excluding carboxylic acids is 1. The van der Waals surface area contributed by atoms with Crippen LogP contribution in [-0.2, 0) is 4.79 Å². The van der Waals surface area contributed by atoms with Crippen molar-refractivity contribution in [2.45, 2.75) is 113 Å². The summed E-state index contributed by atoms with van der Waals surface area (Å²) >= 11 is 0. The van der Waals surface area contributed by atoms with Gasteiger partial charge in [-0.1, -0.05) is 100 Å². The molecule has 2 saturated carbocycles. The molecule has 0 saturated heterocycles. The SMILES string of the molecule is CC(=C/C=C1C(C)(C)CC(O)CC1(C)O)/C=C/C=C(C)/C=C/C=C/C(C)=C/C=C[C+](C)/C([O-])=C/C(=O)C1(C)CC(O)CC1(C)C. The van der Waals surface area contributed by atoms with E-state index in [0.717, 1.165) is 22.3 Å². The Hall–Kier alpha value is -3.12. The number of ketones is 1. The smallest absolute Gasteiger partial charge is 0.214 e. The molecule has 246 valence electrons. The van der Waals surface area contributed by atoms with E-state index in [1.807, 2.05) is 102 Å². The molecule has 0 heterocycles. The van der Waals surface area contributed by atoms with Gasteiger partial charge in [0.05, 0.1) is 29.3 Å². The summed E-state index contributed by atoms with van der Waals surface area (Å²) in [6.45, 7) is 19.4. The first-order valence-electron chi connectivity index (χ1n) is 16.0. The summed E-state index contributed by atoms with van der Waals surface area (Å²) in [5, 5.41) is 43.8. The van der Waals surface area contributed by atoms with E-state index in [9.17, 15) is 25.2 Å². The third-order valence-electron chi connectivity index (χ3n) is 9.53. The Labute approximate surface area is 272 Å². The van der Waals surface area contributed by atoms with E-state index in [0.29, 0.717) is 31.6 Å². The fraction of sp³-hybridized carbons (Fsp3) is 0.500. The van der Waals surface area contributed by atoms with Crippen LogP contribution in [0.15, 0.2) is 107 Å². The van der Waals surface area contributed by atoms with E-state index >= 15 is 0 Å². The maximum atomic E-state index is 13.0. The predicted octanol–water partition coefficient (Wildman–Crippen LogP) is 7.50. The standard InChI is InChI=1S/C40H56O5/c1-28(17-13-18-30(3)21-22-35-37(5,6)24-32(41)27-40(35,10)45)15-11-12-16-29(2)19-14-20-31(4)34(43)23-36(44)39(9)26-33(42)25-38(39,7)8/h11-23,32-33,41-42,45H,24-27H2,1-10H3/b15-11+,16-12+,18-13+,20-14?,28-17+,29-19+,30-21-,35-22?. The van der Waals surface area contributed by atoms with Crippen LogP contribution in [0.25, 0.3) is 0 Å². The molecular weight excluding hydrogens is 560 g/mol. The predicted molar refractivity (Wildman–Crippen MR) is 185 cm³/mol. The monoisotopic (exact) mass is 616 g/mol. The van der Waals surface area contributed by atoms with Gasteiger partial charge in [0.25, 0.3) is 0 Å². The number of aliphatic hydroxyl groups is 3. The lowest BCUT2D eigenvalue weighted by molar-refractivity contribution is -0.300. The fourth-order valence-corrected chi connectivity index (χ4v) is 6.51. The zero-order valence-electron chi connectivity index (χ0n) is 29.1. The van der Waals surface area contributed by atoms with Crippen molar-refractivity contribution in [3.63, 3.8) is 0 Å². The zero-order chi connectivity index (χ0) is 34.2. The van der Waals surface area contributed by atoms with Crippen molar-refractivity contribution >= 4 is 5.78 Å². The Morgan fingerprint density at radius 3 is 1.82 bits per heavy atom. The highest BCUT2D eigenvalue weighted by molar-refractivity contribution is 5.96. The second-order valence-corrected chi connectivity index (χ2v) is 14.8. The van der Waals surface area contributed by atoms with Crippen LogP contribution in [-0.4, -0.2) is 38.9 Å².